The number of fused-ring (bicyclic) bond motifs is 2. The topological polar surface area (TPSA) is 46.6 Å². The van der Waals surface area contributed by atoms with Crippen molar-refractivity contribution in [2.24, 2.45) is 0 Å². The molecule has 0 saturated heterocycles. The Morgan fingerprint density at radius 2 is 1.23 bits per heavy atom. The number of hydrogen-bond donors (Lipinski definition) is 0. The number of carbonyl (C=O) groups is 2. The molecule has 4 heteroatoms. The van der Waals surface area contributed by atoms with E-state index in [1.54, 1.807) is 24.3 Å². The Morgan fingerprint density at radius 3 is 1.97 bits per heavy atom. The monoisotopic (exact) mass is 393 g/mol. The average Bonchev–Trinajstić information content (AvgIpc) is 3.03. The van der Waals surface area contributed by atoms with Crippen molar-refractivity contribution in [1.82, 2.24) is 4.90 Å². The molecule has 0 radical (unpaired) electrons. The minimum atomic E-state index is -0.249. The third-order valence-electron chi connectivity index (χ3n) is 5.44. The summed E-state index contributed by atoms with van der Waals surface area (Å²) < 4.78 is 6.03. The molecule has 0 unspecified atom stereocenters. The summed E-state index contributed by atoms with van der Waals surface area (Å²) in [7, 11) is 0. The van der Waals surface area contributed by atoms with Gasteiger partial charge in [0, 0.05) is 0 Å². The van der Waals surface area contributed by atoms with Gasteiger partial charge in [0.05, 0.1) is 17.7 Å². The first-order chi connectivity index (χ1) is 14.7. The minimum absolute atomic E-state index is 0.226. The number of hydrogen-bond acceptors (Lipinski definition) is 3. The second-order valence-corrected chi connectivity index (χ2v) is 7.31. The normalized spacial score (nSPS) is 13.0. The van der Waals surface area contributed by atoms with Crippen molar-refractivity contribution < 1.29 is 14.3 Å². The highest BCUT2D eigenvalue weighted by atomic mass is 16.5. The van der Waals surface area contributed by atoms with Gasteiger partial charge in [0.15, 0.2) is 0 Å². The molecule has 0 fully saturated rings. The molecule has 0 atom stereocenters. The van der Waals surface area contributed by atoms with Crippen LogP contribution in [0.5, 0.6) is 5.75 Å². The molecule has 30 heavy (non-hydrogen) atoms. The number of carbonyl (C=O) groups excluding carboxylic acids is 2. The second kappa shape index (κ2) is 7.48. The number of ether oxygens (including phenoxy) is 1. The molecule has 4 aromatic carbocycles. The molecule has 0 N–H and O–H groups in total. The van der Waals surface area contributed by atoms with Gasteiger partial charge in [-0.05, 0) is 46.2 Å². The highest BCUT2D eigenvalue weighted by Crippen LogP contribution is 2.26. The van der Waals surface area contributed by atoms with Gasteiger partial charge in [-0.15, -0.1) is 0 Å². The van der Waals surface area contributed by atoms with Gasteiger partial charge in [-0.3, -0.25) is 14.5 Å². The highest BCUT2D eigenvalue weighted by Gasteiger charge is 2.35. The fraction of sp³-hybridized carbons (Fsp3) is 0.0769. The van der Waals surface area contributed by atoms with Crippen molar-refractivity contribution in [3.8, 4) is 5.75 Å². The molecular weight excluding hydrogens is 374 g/mol. The average molecular weight is 393 g/mol. The minimum Gasteiger partial charge on any atom is -0.489 e. The quantitative estimate of drug-likeness (QED) is 0.437. The van der Waals surface area contributed by atoms with Gasteiger partial charge in [-0.1, -0.05) is 66.7 Å². The highest BCUT2D eigenvalue weighted by molar-refractivity contribution is 6.21. The predicted octanol–water partition coefficient (Wildman–Crippen LogP) is 5.22. The summed E-state index contributed by atoms with van der Waals surface area (Å²) in [6, 6.07) is 28.8. The van der Waals surface area contributed by atoms with E-state index >= 15 is 0 Å². The van der Waals surface area contributed by atoms with Crippen LogP contribution in [0.2, 0.25) is 0 Å². The van der Waals surface area contributed by atoms with Gasteiger partial charge >= 0.3 is 0 Å². The number of amides is 2. The van der Waals surface area contributed by atoms with Crippen molar-refractivity contribution in [3.63, 3.8) is 0 Å². The summed E-state index contributed by atoms with van der Waals surface area (Å²) in [6.07, 6.45) is 0. The van der Waals surface area contributed by atoms with Crippen LogP contribution in [-0.2, 0) is 13.2 Å². The summed E-state index contributed by atoms with van der Waals surface area (Å²) in [4.78, 5) is 26.7. The molecule has 0 aliphatic carbocycles. The first-order valence-corrected chi connectivity index (χ1v) is 9.84. The van der Waals surface area contributed by atoms with E-state index in [9.17, 15) is 9.59 Å². The van der Waals surface area contributed by atoms with E-state index in [0.29, 0.717) is 17.7 Å². The van der Waals surface area contributed by atoms with Gasteiger partial charge in [-0.25, -0.2) is 0 Å². The van der Waals surface area contributed by atoms with Crippen LogP contribution in [0, 0.1) is 0 Å². The zero-order valence-electron chi connectivity index (χ0n) is 16.2. The Balaban J connectivity index is 1.36. The van der Waals surface area contributed by atoms with Crippen LogP contribution in [0.15, 0.2) is 91.0 Å². The molecule has 4 nitrogen and oxygen atoms in total. The molecule has 5 rings (SSSR count). The fourth-order valence-corrected chi connectivity index (χ4v) is 3.82. The number of rotatable bonds is 5. The Kier molecular flexibility index (Phi) is 4.52. The molecule has 1 aliphatic heterocycles. The van der Waals surface area contributed by atoms with Crippen molar-refractivity contribution >= 4 is 22.6 Å². The van der Waals surface area contributed by atoms with Crippen LogP contribution in [0.25, 0.3) is 10.8 Å². The van der Waals surface area contributed by atoms with E-state index in [0.717, 1.165) is 27.6 Å². The van der Waals surface area contributed by atoms with Crippen LogP contribution >= 0.6 is 0 Å². The lowest BCUT2D eigenvalue weighted by molar-refractivity contribution is 0.0641. The maximum atomic E-state index is 12.7. The fourth-order valence-electron chi connectivity index (χ4n) is 3.82. The largest absolute Gasteiger partial charge is 0.489 e. The Morgan fingerprint density at radius 1 is 0.633 bits per heavy atom. The molecule has 1 aliphatic rings. The van der Waals surface area contributed by atoms with Gasteiger partial charge in [-0.2, -0.15) is 0 Å². The smallest absolute Gasteiger partial charge is 0.261 e. The van der Waals surface area contributed by atoms with Crippen LogP contribution in [-0.4, -0.2) is 16.7 Å². The third-order valence-corrected chi connectivity index (χ3v) is 5.44. The zero-order valence-corrected chi connectivity index (χ0v) is 16.2. The van der Waals surface area contributed by atoms with Crippen LogP contribution in [0.1, 0.15) is 31.8 Å². The van der Waals surface area contributed by atoms with E-state index in [2.05, 4.69) is 12.1 Å². The third kappa shape index (κ3) is 3.22. The Hall–Kier alpha value is -3.92. The maximum Gasteiger partial charge on any atom is 0.261 e. The van der Waals surface area contributed by atoms with E-state index in [1.807, 2.05) is 54.6 Å². The molecule has 0 spiro atoms. The summed E-state index contributed by atoms with van der Waals surface area (Å²) in [5, 5.41) is 2.28. The molecule has 1 heterocycles. The summed E-state index contributed by atoms with van der Waals surface area (Å²) in [5.74, 6) is 0.283. The van der Waals surface area contributed by atoms with Crippen LogP contribution < -0.4 is 4.74 Å². The Bertz CT molecular complexity index is 1240. The van der Waals surface area contributed by atoms with Crippen molar-refractivity contribution in [3.05, 3.63) is 113 Å². The van der Waals surface area contributed by atoms with E-state index in [1.165, 1.54) is 4.90 Å². The van der Waals surface area contributed by atoms with E-state index in [4.69, 9.17) is 4.74 Å². The maximum absolute atomic E-state index is 12.7. The van der Waals surface area contributed by atoms with Crippen molar-refractivity contribution in [2.75, 3.05) is 0 Å². The molecule has 146 valence electrons. The van der Waals surface area contributed by atoms with Crippen LogP contribution in [0.4, 0.5) is 0 Å². The number of nitrogens with zero attached hydrogens (tertiary/aromatic N) is 1. The Labute approximate surface area is 174 Å². The standard InChI is InChI=1S/C26H19NO3/c28-25-23-11-5-6-12-24(23)26(29)27(25)16-20-9-3-4-10-21(20)17-30-22-14-13-18-7-1-2-8-19(18)15-22/h1-15H,16-17H2. The summed E-state index contributed by atoms with van der Waals surface area (Å²) in [6.45, 7) is 0.585. The summed E-state index contributed by atoms with van der Waals surface area (Å²) in [5.41, 5.74) is 2.77. The van der Waals surface area contributed by atoms with Gasteiger partial charge in [0.1, 0.15) is 12.4 Å². The first kappa shape index (κ1) is 18.1. The molecular formula is C26H19NO3. The SMILES string of the molecule is O=C1c2ccccc2C(=O)N1Cc1ccccc1COc1ccc2ccccc2c1. The molecule has 0 bridgehead atoms. The molecule has 2 amide bonds. The van der Waals surface area contributed by atoms with E-state index in [-0.39, 0.29) is 18.4 Å². The van der Waals surface area contributed by atoms with Gasteiger partial charge in [0.25, 0.3) is 11.8 Å². The lowest BCUT2D eigenvalue weighted by Gasteiger charge is -2.17. The lowest BCUT2D eigenvalue weighted by atomic mass is 10.1. The first-order valence-electron chi connectivity index (χ1n) is 9.84. The molecule has 0 aromatic heterocycles. The van der Waals surface area contributed by atoms with Crippen molar-refractivity contribution in [1.29, 1.82) is 0 Å². The zero-order chi connectivity index (χ0) is 20.5. The van der Waals surface area contributed by atoms with Crippen molar-refractivity contribution in [2.45, 2.75) is 13.2 Å². The number of benzene rings is 4. The lowest BCUT2D eigenvalue weighted by Crippen LogP contribution is -2.29. The second-order valence-electron chi connectivity index (χ2n) is 7.31. The number of imide groups is 1. The van der Waals surface area contributed by atoms with Crippen LogP contribution in [0.3, 0.4) is 0 Å². The van der Waals surface area contributed by atoms with Gasteiger partial charge < -0.3 is 4.74 Å². The predicted molar refractivity (Wildman–Crippen MR) is 115 cm³/mol. The van der Waals surface area contributed by atoms with Gasteiger partial charge in [0.2, 0.25) is 0 Å². The molecule has 4 aromatic rings. The van der Waals surface area contributed by atoms with E-state index < -0.39 is 0 Å². The molecule has 0 saturated carbocycles. The summed E-state index contributed by atoms with van der Waals surface area (Å²) >= 11 is 0.